The fourth-order valence-corrected chi connectivity index (χ4v) is 1.19. The number of hydrogen-bond donors (Lipinski definition) is 0. The Morgan fingerprint density at radius 2 is 2.08 bits per heavy atom. The van der Waals surface area contributed by atoms with Crippen LogP contribution in [0.2, 0.25) is 0 Å². The Labute approximate surface area is 81.3 Å². The average molecular weight is 255 g/mol. The normalized spacial score (nSPS) is 11.8. The zero-order valence-electron chi connectivity index (χ0n) is 6.69. The summed E-state index contributed by atoms with van der Waals surface area (Å²) >= 11 is 2.75. The molecule has 0 N–H and O–H groups in total. The molecule has 0 aliphatic rings. The van der Waals surface area contributed by atoms with Crippen molar-refractivity contribution in [2.45, 2.75) is 19.5 Å². The van der Waals surface area contributed by atoms with Gasteiger partial charge in [-0.1, -0.05) is 6.92 Å². The maximum absolute atomic E-state index is 12.2. The van der Waals surface area contributed by atoms with E-state index in [-0.39, 0.29) is 10.3 Å². The maximum Gasteiger partial charge on any atom is 0.434 e. The van der Waals surface area contributed by atoms with Gasteiger partial charge in [-0.25, -0.2) is 9.97 Å². The lowest BCUT2D eigenvalue weighted by molar-refractivity contribution is -0.142. The summed E-state index contributed by atoms with van der Waals surface area (Å²) < 4.78 is 36.6. The van der Waals surface area contributed by atoms with Crippen LogP contribution in [0.15, 0.2) is 10.7 Å². The minimum absolute atomic E-state index is 0.128. The number of aryl methyl sites for hydroxylation is 1. The third-order valence-electron chi connectivity index (χ3n) is 1.38. The Balaban J connectivity index is 3.19. The summed E-state index contributed by atoms with van der Waals surface area (Å²) in [5.74, 6) is 0.190. The summed E-state index contributed by atoms with van der Waals surface area (Å²) in [6.07, 6.45) is -2.92. The highest BCUT2D eigenvalue weighted by molar-refractivity contribution is 9.10. The molecule has 72 valence electrons. The minimum atomic E-state index is -4.42. The van der Waals surface area contributed by atoms with Gasteiger partial charge < -0.3 is 0 Å². The summed E-state index contributed by atoms with van der Waals surface area (Å²) in [6, 6.07) is 0. The highest BCUT2D eigenvalue weighted by Crippen LogP contribution is 2.32. The Bertz CT molecular complexity index is 311. The van der Waals surface area contributed by atoms with Gasteiger partial charge in [0, 0.05) is 12.6 Å². The second kappa shape index (κ2) is 3.61. The number of hydrogen-bond acceptors (Lipinski definition) is 2. The van der Waals surface area contributed by atoms with Gasteiger partial charge in [0.2, 0.25) is 0 Å². The van der Waals surface area contributed by atoms with Crippen LogP contribution in [0.25, 0.3) is 0 Å². The molecule has 0 spiro atoms. The first kappa shape index (κ1) is 10.4. The van der Waals surface area contributed by atoms with Crippen molar-refractivity contribution in [1.29, 1.82) is 0 Å². The van der Waals surface area contributed by atoms with Crippen molar-refractivity contribution in [3.8, 4) is 0 Å². The Morgan fingerprint density at radius 1 is 1.46 bits per heavy atom. The Morgan fingerprint density at radius 3 is 2.54 bits per heavy atom. The molecule has 1 aromatic rings. The average Bonchev–Trinajstić information content (AvgIpc) is 2.03. The largest absolute Gasteiger partial charge is 0.434 e. The fraction of sp³-hybridized carbons (Fsp3) is 0.429. The number of aromatic nitrogens is 2. The fourth-order valence-electron chi connectivity index (χ4n) is 0.773. The van der Waals surface area contributed by atoms with Gasteiger partial charge in [0.05, 0.1) is 4.47 Å². The van der Waals surface area contributed by atoms with Gasteiger partial charge in [0.1, 0.15) is 5.82 Å². The third kappa shape index (κ3) is 2.40. The molecule has 0 atom stereocenters. The van der Waals surface area contributed by atoms with Crippen molar-refractivity contribution >= 4 is 15.9 Å². The van der Waals surface area contributed by atoms with E-state index >= 15 is 0 Å². The third-order valence-corrected chi connectivity index (χ3v) is 1.96. The monoisotopic (exact) mass is 254 g/mol. The van der Waals surface area contributed by atoms with Gasteiger partial charge in [-0.05, 0) is 15.9 Å². The van der Waals surface area contributed by atoms with Crippen LogP contribution >= 0.6 is 15.9 Å². The topological polar surface area (TPSA) is 25.8 Å². The van der Waals surface area contributed by atoms with Crippen LogP contribution in [-0.4, -0.2) is 9.97 Å². The van der Waals surface area contributed by atoms with Gasteiger partial charge in [-0.2, -0.15) is 13.2 Å². The second-order valence-electron chi connectivity index (χ2n) is 2.33. The van der Waals surface area contributed by atoms with Crippen LogP contribution in [-0.2, 0) is 12.6 Å². The van der Waals surface area contributed by atoms with E-state index in [2.05, 4.69) is 25.9 Å². The van der Waals surface area contributed by atoms with E-state index in [1.165, 1.54) is 0 Å². The molecule has 2 nitrogen and oxygen atoms in total. The van der Waals surface area contributed by atoms with Crippen LogP contribution < -0.4 is 0 Å². The zero-order valence-corrected chi connectivity index (χ0v) is 8.28. The Hall–Kier alpha value is -0.650. The number of halogens is 4. The maximum atomic E-state index is 12.2. The molecule has 0 fully saturated rings. The molecule has 0 amide bonds. The molecule has 1 aromatic heterocycles. The van der Waals surface area contributed by atoms with Crippen molar-refractivity contribution in [2.24, 2.45) is 0 Å². The van der Waals surface area contributed by atoms with Crippen LogP contribution in [0.3, 0.4) is 0 Å². The Kier molecular flexibility index (Phi) is 2.90. The molecular weight excluding hydrogens is 249 g/mol. The van der Waals surface area contributed by atoms with E-state index in [9.17, 15) is 13.2 Å². The van der Waals surface area contributed by atoms with Crippen molar-refractivity contribution in [3.05, 3.63) is 22.2 Å². The first-order valence-electron chi connectivity index (χ1n) is 3.53. The molecule has 0 saturated carbocycles. The van der Waals surface area contributed by atoms with Crippen LogP contribution in [0.5, 0.6) is 0 Å². The molecule has 6 heteroatoms. The summed E-state index contributed by atoms with van der Waals surface area (Å²) in [4.78, 5) is 7.09. The zero-order chi connectivity index (χ0) is 10.1. The van der Waals surface area contributed by atoms with Crippen molar-refractivity contribution < 1.29 is 13.2 Å². The molecular formula is C7H6BrF3N2. The lowest BCUT2D eigenvalue weighted by Crippen LogP contribution is -2.11. The number of rotatable bonds is 1. The van der Waals surface area contributed by atoms with Crippen LogP contribution in [0.4, 0.5) is 13.2 Å². The number of nitrogens with zero attached hydrogens (tertiary/aromatic N) is 2. The van der Waals surface area contributed by atoms with Crippen molar-refractivity contribution in [1.82, 2.24) is 9.97 Å². The van der Waals surface area contributed by atoms with Crippen molar-refractivity contribution in [2.75, 3.05) is 0 Å². The first-order chi connectivity index (χ1) is 5.95. The van der Waals surface area contributed by atoms with E-state index in [0.717, 1.165) is 6.20 Å². The SMILES string of the molecule is CCc1ncc(Br)c(C(F)(F)F)n1. The molecule has 0 aliphatic carbocycles. The van der Waals surface area contributed by atoms with Gasteiger partial charge >= 0.3 is 6.18 Å². The summed E-state index contributed by atoms with van der Waals surface area (Å²) in [6.45, 7) is 1.70. The standard InChI is InChI=1S/C7H6BrF3N2/c1-2-5-12-3-4(8)6(13-5)7(9,10)11/h3H,2H2,1H3. The first-order valence-corrected chi connectivity index (χ1v) is 4.33. The predicted octanol–water partition coefficient (Wildman–Crippen LogP) is 2.82. The molecule has 0 radical (unpaired) electrons. The summed E-state index contributed by atoms with van der Waals surface area (Å²) in [5, 5.41) is 0. The minimum Gasteiger partial charge on any atom is -0.240 e. The van der Waals surface area contributed by atoms with Crippen LogP contribution in [0.1, 0.15) is 18.4 Å². The van der Waals surface area contributed by atoms with Gasteiger partial charge in [-0.3, -0.25) is 0 Å². The highest BCUT2D eigenvalue weighted by atomic mass is 79.9. The molecule has 0 aliphatic heterocycles. The smallest absolute Gasteiger partial charge is 0.240 e. The van der Waals surface area contributed by atoms with E-state index < -0.39 is 11.9 Å². The highest BCUT2D eigenvalue weighted by Gasteiger charge is 2.35. The molecule has 0 saturated heterocycles. The lowest BCUT2D eigenvalue weighted by atomic mass is 10.3. The molecule has 0 bridgehead atoms. The van der Waals surface area contributed by atoms with Gasteiger partial charge in [0.25, 0.3) is 0 Å². The molecule has 1 heterocycles. The van der Waals surface area contributed by atoms with E-state index in [0.29, 0.717) is 6.42 Å². The lowest BCUT2D eigenvalue weighted by Gasteiger charge is -2.08. The van der Waals surface area contributed by atoms with Gasteiger partial charge in [0.15, 0.2) is 5.69 Å². The van der Waals surface area contributed by atoms with Crippen molar-refractivity contribution in [3.63, 3.8) is 0 Å². The molecule has 0 unspecified atom stereocenters. The van der Waals surface area contributed by atoms with E-state index in [1.807, 2.05) is 0 Å². The molecule has 13 heavy (non-hydrogen) atoms. The molecule has 1 rings (SSSR count). The summed E-state index contributed by atoms with van der Waals surface area (Å²) in [5.41, 5.74) is -0.917. The second-order valence-corrected chi connectivity index (χ2v) is 3.19. The van der Waals surface area contributed by atoms with E-state index in [1.54, 1.807) is 6.92 Å². The quantitative estimate of drug-likeness (QED) is 0.771. The number of alkyl halides is 3. The van der Waals surface area contributed by atoms with Gasteiger partial charge in [-0.15, -0.1) is 0 Å². The predicted molar refractivity (Wildman–Crippen MR) is 44.1 cm³/mol. The molecule has 0 aromatic carbocycles. The van der Waals surface area contributed by atoms with Crippen LogP contribution in [0, 0.1) is 0 Å². The van der Waals surface area contributed by atoms with E-state index in [4.69, 9.17) is 0 Å². The summed E-state index contributed by atoms with van der Waals surface area (Å²) in [7, 11) is 0.